The summed E-state index contributed by atoms with van der Waals surface area (Å²) in [7, 11) is 0. The molecule has 1 unspecified atom stereocenters. The monoisotopic (exact) mass is 396 g/mol. The average Bonchev–Trinajstić information content (AvgIpc) is 3.29. The van der Waals surface area contributed by atoms with Crippen molar-refractivity contribution >= 4 is 27.3 Å². The number of hydrogen-bond donors (Lipinski definition) is 0. The topological polar surface area (TPSA) is 17.3 Å². The summed E-state index contributed by atoms with van der Waals surface area (Å²) in [6.07, 6.45) is 2.10. The molecule has 4 aromatic carbocycles. The number of imidazole rings is 1. The Balaban J connectivity index is 1.70. The van der Waals surface area contributed by atoms with E-state index in [-0.39, 0.29) is 11.8 Å². The Hall–Kier alpha value is -3.91. The summed E-state index contributed by atoms with van der Waals surface area (Å²) in [5.74, 6) is 0.443. The number of fused-ring (bicyclic) bond motifs is 3. The van der Waals surface area contributed by atoms with Crippen LogP contribution >= 0.6 is 0 Å². The molecule has 0 amide bonds. The van der Waals surface area contributed by atoms with Crippen LogP contribution in [0.15, 0.2) is 109 Å². The molecule has 31 heavy (non-hydrogen) atoms. The number of benzene rings is 4. The minimum Gasteiger partial charge on any atom is -0.295 e. The number of hydrogen-bond acceptors (Lipinski definition) is 1. The van der Waals surface area contributed by atoms with Gasteiger partial charge in [-0.3, -0.25) is 4.40 Å². The molecule has 1 aliphatic heterocycles. The maximum atomic E-state index is 4.97. The summed E-state index contributed by atoms with van der Waals surface area (Å²) in [6.45, 7) is 0. The van der Waals surface area contributed by atoms with Gasteiger partial charge in [-0.25, -0.2) is 4.98 Å². The highest BCUT2D eigenvalue weighted by atomic mass is 15.0. The molecule has 0 aliphatic carbocycles. The minimum atomic E-state index is 0.206. The highest BCUT2D eigenvalue weighted by Gasteiger charge is 2.36. The van der Waals surface area contributed by atoms with E-state index in [2.05, 4.69) is 114 Å². The van der Waals surface area contributed by atoms with Crippen molar-refractivity contribution in [2.75, 3.05) is 0 Å². The van der Waals surface area contributed by atoms with Gasteiger partial charge >= 0.3 is 0 Å². The summed E-state index contributed by atoms with van der Waals surface area (Å²) in [5.41, 5.74) is 7.66. The molecule has 6 aromatic rings. The normalized spacial score (nSPS) is 17.7. The van der Waals surface area contributed by atoms with Crippen LogP contribution in [0.4, 0.5) is 0 Å². The van der Waals surface area contributed by atoms with Crippen LogP contribution in [0.2, 0.25) is 0 Å². The molecule has 0 spiro atoms. The third-order valence-corrected chi connectivity index (χ3v) is 6.84. The van der Waals surface area contributed by atoms with E-state index in [9.17, 15) is 0 Å². The predicted molar refractivity (Wildman–Crippen MR) is 127 cm³/mol. The van der Waals surface area contributed by atoms with E-state index in [0.29, 0.717) is 0 Å². The van der Waals surface area contributed by atoms with E-state index in [4.69, 9.17) is 4.98 Å². The van der Waals surface area contributed by atoms with Crippen LogP contribution in [0.3, 0.4) is 0 Å². The Morgan fingerprint density at radius 2 is 1.16 bits per heavy atom. The van der Waals surface area contributed by atoms with E-state index >= 15 is 0 Å². The second-order valence-electron chi connectivity index (χ2n) is 8.41. The average molecular weight is 396 g/mol. The van der Waals surface area contributed by atoms with Crippen LogP contribution in [-0.4, -0.2) is 9.38 Å². The molecule has 1 aliphatic rings. The smallest absolute Gasteiger partial charge is 0.145 e. The van der Waals surface area contributed by atoms with Crippen LogP contribution in [0.5, 0.6) is 0 Å². The van der Waals surface area contributed by atoms with Gasteiger partial charge in [0.25, 0.3) is 0 Å². The van der Waals surface area contributed by atoms with Crippen molar-refractivity contribution in [1.29, 1.82) is 0 Å². The van der Waals surface area contributed by atoms with Crippen LogP contribution in [0, 0.1) is 0 Å². The zero-order valence-electron chi connectivity index (χ0n) is 16.9. The van der Waals surface area contributed by atoms with Gasteiger partial charge in [0.2, 0.25) is 0 Å². The molecule has 0 saturated heterocycles. The Labute approximate surface area is 180 Å². The summed E-state index contributed by atoms with van der Waals surface area (Å²) in [6, 6.07) is 37.3. The predicted octanol–water partition coefficient (Wildman–Crippen LogP) is 6.92. The highest BCUT2D eigenvalue weighted by molar-refractivity contribution is 6.13. The van der Waals surface area contributed by atoms with Crippen molar-refractivity contribution < 1.29 is 0 Å². The molecule has 2 atom stereocenters. The third-order valence-electron chi connectivity index (χ3n) is 6.84. The van der Waals surface area contributed by atoms with E-state index < -0.39 is 0 Å². The maximum absolute atomic E-state index is 4.97. The number of para-hydroxylation sites is 1. The molecule has 3 heterocycles. The van der Waals surface area contributed by atoms with Crippen LogP contribution in [0.25, 0.3) is 27.3 Å². The number of pyridine rings is 1. The zero-order valence-corrected chi connectivity index (χ0v) is 16.9. The van der Waals surface area contributed by atoms with E-state index in [1.165, 1.54) is 44.1 Å². The summed E-state index contributed by atoms with van der Waals surface area (Å²) in [4.78, 5) is 4.97. The van der Waals surface area contributed by atoms with Crippen molar-refractivity contribution in [3.63, 3.8) is 0 Å². The van der Waals surface area contributed by atoms with Gasteiger partial charge in [-0.05, 0) is 22.1 Å². The first kappa shape index (κ1) is 16.8. The second kappa shape index (κ2) is 6.29. The fourth-order valence-electron chi connectivity index (χ4n) is 5.61. The second-order valence-corrected chi connectivity index (χ2v) is 8.41. The fourth-order valence-corrected chi connectivity index (χ4v) is 5.61. The molecule has 0 N–H and O–H groups in total. The van der Waals surface area contributed by atoms with E-state index in [1.54, 1.807) is 0 Å². The number of nitrogens with zero attached hydrogens (tertiary/aromatic N) is 2. The van der Waals surface area contributed by atoms with Gasteiger partial charge in [0.1, 0.15) is 5.65 Å². The zero-order chi connectivity index (χ0) is 20.4. The van der Waals surface area contributed by atoms with Gasteiger partial charge in [-0.15, -0.1) is 0 Å². The Morgan fingerprint density at radius 1 is 0.548 bits per heavy atom. The molecule has 2 aromatic heterocycles. The van der Waals surface area contributed by atoms with E-state index in [1.807, 2.05) is 0 Å². The summed E-state index contributed by atoms with van der Waals surface area (Å²) in [5, 5.41) is 3.78. The van der Waals surface area contributed by atoms with Gasteiger partial charge in [0, 0.05) is 28.8 Å². The Bertz CT molecular complexity index is 1580. The molecule has 146 valence electrons. The lowest BCUT2D eigenvalue weighted by Crippen LogP contribution is -2.21. The molecular formula is C29H20N2. The van der Waals surface area contributed by atoms with Gasteiger partial charge in [-0.1, -0.05) is 103 Å². The van der Waals surface area contributed by atoms with Crippen molar-refractivity contribution in [3.05, 3.63) is 132 Å². The van der Waals surface area contributed by atoms with Crippen molar-refractivity contribution in [1.82, 2.24) is 9.38 Å². The van der Waals surface area contributed by atoms with Crippen LogP contribution < -0.4 is 0 Å². The summed E-state index contributed by atoms with van der Waals surface area (Å²) < 4.78 is 2.42. The molecule has 0 fully saturated rings. The Morgan fingerprint density at radius 3 is 1.90 bits per heavy atom. The molecule has 0 saturated carbocycles. The SMILES string of the molecule is c1ccc(C2c3cccc4c5ccccc5c5ncc(n5c34)[C@@H]2c2ccccc2)cc1. The highest BCUT2D eigenvalue weighted by Crippen LogP contribution is 2.49. The van der Waals surface area contributed by atoms with Crippen molar-refractivity contribution in [2.45, 2.75) is 11.8 Å². The largest absolute Gasteiger partial charge is 0.295 e. The third kappa shape index (κ3) is 2.25. The molecular weight excluding hydrogens is 376 g/mol. The fraction of sp³-hybridized carbons (Fsp3) is 0.0690. The van der Waals surface area contributed by atoms with Crippen LogP contribution in [0.1, 0.15) is 34.2 Å². The van der Waals surface area contributed by atoms with Crippen LogP contribution in [-0.2, 0) is 0 Å². The van der Waals surface area contributed by atoms with Gasteiger partial charge in [0.15, 0.2) is 0 Å². The lowest BCUT2D eigenvalue weighted by Gasteiger charge is -2.34. The van der Waals surface area contributed by atoms with Gasteiger partial charge < -0.3 is 0 Å². The van der Waals surface area contributed by atoms with Crippen molar-refractivity contribution in [3.8, 4) is 0 Å². The number of rotatable bonds is 2. The molecule has 2 nitrogen and oxygen atoms in total. The lowest BCUT2D eigenvalue weighted by molar-refractivity contribution is 0.657. The quantitative estimate of drug-likeness (QED) is 0.290. The molecule has 2 heteroatoms. The first-order valence-corrected chi connectivity index (χ1v) is 10.8. The Kier molecular flexibility index (Phi) is 3.42. The maximum Gasteiger partial charge on any atom is 0.145 e. The minimum absolute atomic E-state index is 0.206. The van der Waals surface area contributed by atoms with Crippen molar-refractivity contribution in [2.24, 2.45) is 0 Å². The molecule has 0 radical (unpaired) electrons. The first-order chi connectivity index (χ1) is 15.4. The number of aromatic nitrogens is 2. The first-order valence-electron chi connectivity index (χ1n) is 10.8. The molecule has 7 rings (SSSR count). The standard InChI is InChI=1S/C29H20N2/c1-3-10-19(11-4-1)26-24-17-9-16-22-21-14-7-8-15-23(21)29-30-18-25(31(29)28(22)24)27(26)20-12-5-2-6-13-20/h1-18,26-27H/t26?,27-/m0/s1. The van der Waals surface area contributed by atoms with E-state index in [0.717, 1.165) is 5.65 Å². The van der Waals surface area contributed by atoms with Gasteiger partial charge in [0.05, 0.1) is 11.2 Å². The lowest BCUT2D eigenvalue weighted by atomic mass is 9.73. The summed E-state index contributed by atoms with van der Waals surface area (Å²) >= 11 is 0. The molecule has 0 bridgehead atoms. The van der Waals surface area contributed by atoms with Gasteiger partial charge in [-0.2, -0.15) is 0 Å².